The molecule has 4 heteroatoms. The summed E-state index contributed by atoms with van der Waals surface area (Å²) in [5, 5.41) is 11.8. The van der Waals surface area contributed by atoms with Crippen molar-refractivity contribution in [2.24, 2.45) is 45.7 Å². The van der Waals surface area contributed by atoms with Gasteiger partial charge in [-0.25, -0.2) is 0 Å². The van der Waals surface area contributed by atoms with Crippen LogP contribution < -0.4 is 5.73 Å². The summed E-state index contributed by atoms with van der Waals surface area (Å²) >= 11 is 0. The molecule has 0 aromatic rings. The highest BCUT2D eigenvalue weighted by atomic mass is 16.5. The highest BCUT2D eigenvalue weighted by Crippen LogP contribution is 2.67. The van der Waals surface area contributed by atoms with Crippen LogP contribution in [-0.4, -0.2) is 29.8 Å². The third kappa shape index (κ3) is 4.34. The van der Waals surface area contributed by atoms with E-state index >= 15 is 0 Å². The first kappa shape index (κ1) is 27.6. The quantitative estimate of drug-likeness (QED) is 0.302. The molecule has 0 bridgehead atoms. The van der Waals surface area contributed by atoms with Crippen molar-refractivity contribution in [1.29, 1.82) is 0 Å². The Morgan fingerprint density at radius 1 is 1.19 bits per heavy atom. The molecule has 0 heterocycles. The second-order valence-corrected chi connectivity index (χ2v) is 13.9. The van der Waals surface area contributed by atoms with Gasteiger partial charge in [0.05, 0.1) is 12.6 Å². The van der Waals surface area contributed by atoms with Gasteiger partial charge in [-0.1, -0.05) is 66.7 Å². The first-order valence-corrected chi connectivity index (χ1v) is 14.5. The third-order valence-electron chi connectivity index (χ3n) is 11.2. The maximum Gasteiger partial charge on any atom is 0.319 e. The van der Waals surface area contributed by atoms with Gasteiger partial charge in [-0.05, 0) is 103 Å². The first-order chi connectivity index (χ1) is 16.8. The second kappa shape index (κ2) is 9.73. The van der Waals surface area contributed by atoms with E-state index in [4.69, 9.17) is 10.5 Å². The topological polar surface area (TPSA) is 72.5 Å². The highest BCUT2D eigenvalue weighted by Gasteiger charge is 2.60. The highest BCUT2D eigenvalue weighted by molar-refractivity contribution is 5.71. The zero-order valence-electron chi connectivity index (χ0n) is 24.0. The van der Waals surface area contributed by atoms with Crippen molar-refractivity contribution in [3.8, 4) is 0 Å². The Morgan fingerprint density at radius 3 is 2.53 bits per heavy atom. The lowest BCUT2D eigenvalue weighted by Gasteiger charge is -2.60. The van der Waals surface area contributed by atoms with E-state index < -0.39 is 6.10 Å². The van der Waals surface area contributed by atoms with Crippen LogP contribution in [0.15, 0.2) is 34.9 Å². The fourth-order valence-electron chi connectivity index (χ4n) is 9.02. The Kier molecular flexibility index (Phi) is 7.47. The smallest absolute Gasteiger partial charge is 0.319 e. The molecule has 4 rings (SSSR count). The zero-order chi connectivity index (χ0) is 26.6. The molecule has 0 amide bonds. The monoisotopic (exact) mass is 497 g/mol. The van der Waals surface area contributed by atoms with E-state index in [9.17, 15) is 9.90 Å². The molecule has 0 aliphatic heterocycles. The molecule has 1 fully saturated rings. The molecular weight excluding hydrogens is 446 g/mol. The number of carbonyl (C=O) groups is 1. The van der Waals surface area contributed by atoms with Gasteiger partial charge in [0.15, 0.2) is 0 Å². The van der Waals surface area contributed by atoms with E-state index in [1.807, 2.05) is 0 Å². The molecule has 0 aromatic carbocycles. The van der Waals surface area contributed by atoms with Crippen LogP contribution in [-0.2, 0) is 9.53 Å². The molecule has 1 saturated carbocycles. The summed E-state index contributed by atoms with van der Waals surface area (Å²) in [7, 11) is 0. The summed E-state index contributed by atoms with van der Waals surface area (Å²) in [4.78, 5) is 12.0. The number of esters is 1. The lowest BCUT2D eigenvalue weighted by Crippen LogP contribution is -2.56. The van der Waals surface area contributed by atoms with Gasteiger partial charge in [0.2, 0.25) is 0 Å². The van der Waals surface area contributed by atoms with Crippen LogP contribution in [0.25, 0.3) is 0 Å². The van der Waals surface area contributed by atoms with E-state index in [1.165, 1.54) is 28.7 Å². The minimum absolute atomic E-state index is 0.0450. The molecule has 0 radical (unpaired) electrons. The number of hydrogen-bond acceptors (Lipinski definition) is 4. The first-order valence-electron chi connectivity index (χ1n) is 14.5. The molecule has 0 saturated heterocycles. The van der Waals surface area contributed by atoms with E-state index in [-0.39, 0.29) is 34.9 Å². The summed E-state index contributed by atoms with van der Waals surface area (Å²) < 4.78 is 5.83. The van der Waals surface area contributed by atoms with Gasteiger partial charge in [0.25, 0.3) is 0 Å². The van der Waals surface area contributed by atoms with E-state index in [2.05, 4.69) is 61.1 Å². The van der Waals surface area contributed by atoms with Crippen molar-refractivity contribution in [3.05, 3.63) is 34.9 Å². The number of hydrogen-bond donors (Lipinski definition) is 2. The third-order valence-corrected chi connectivity index (χ3v) is 11.2. The molecule has 4 nitrogen and oxygen atoms in total. The minimum Gasteiger partial charge on any atom is -0.461 e. The van der Waals surface area contributed by atoms with Gasteiger partial charge in [-0.15, -0.1) is 0 Å². The van der Waals surface area contributed by atoms with Gasteiger partial charge >= 0.3 is 5.97 Å². The van der Waals surface area contributed by atoms with Crippen LogP contribution in [0.1, 0.15) is 99.8 Å². The van der Waals surface area contributed by atoms with E-state index in [0.717, 1.165) is 44.9 Å². The fraction of sp³-hybridized carbons (Fsp3) is 0.781. The number of allylic oxidation sites excluding steroid dienone is 4. The summed E-state index contributed by atoms with van der Waals surface area (Å²) in [6.07, 6.45) is 10.1. The molecule has 4 aliphatic carbocycles. The van der Waals surface area contributed by atoms with Crippen molar-refractivity contribution in [2.45, 2.75) is 112 Å². The molecule has 5 unspecified atom stereocenters. The van der Waals surface area contributed by atoms with Gasteiger partial charge in [-0.2, -0.15) is 0 Å². The molecule has 7 atom stereocenters. The largest absolute Gasteiger partial charge is 0.461 e. The van der Waals surface area contributed by atoms with Crippen molar-refractivity contribution in [1.82, 2.24) is 0 Å². The van der Waals surface area contributed by atoms with Crippen molar-refractivity contribution >= 4 is 5.97 Å². The number of aliphatic hydroxyl groups excluding tert-OH is 1. The number of rotatable bonds is 7. The summed E-state index contributed by atoms with van der Waals surface area (Å²) in [5.41, 5.74) is 11.0. The van der Waals surface area contributed by atoms with Crippen LogP contribution in [0.3, 0.4) is 0 Å². The van der Waals surface area contributed by atoms with E-state index in [0.29, 0.717) is 23.7 Å². The lowest BCUT2D eigenvalue weighted by atomic mass is 9.46. The van der Waals surface area contributed by atoms with Gasteiger partial charge in [0.1, 0.15) is 6.10 Å². The summed E-state index contributed by atoms with van der Waals surface area (Å²) in [6, 6.07) is 0. The maximum absolute atomic E-state index is 12.0. The molecule has 0 aromatic heterocycles. The van der Waals surface area contributed by atoms with E-state index in [1.54, 1.807) is 0 Å². The normalized spacial score (nSPS) is 38.1. The van der Waals surface area contributed by atoms with Crippen molar-refractivity contribution in [2.75, 3.05) is 6.54 Å². The predicted molar refractivity (Wildman–Crippen MR) is 147 cm³/mol. The summed E-state index contributed by atoms with van der Waals surface area (Å²) in [6.45, 7) is 20.5. The lowest BCUT2D eigenvalue weighted by molar-refractivity contribution is -0.168. The molecule has 36 heavy (non-hydrogen) atoms. The van der Waals surface area contributed by atoms with Gasteiger partial charge in [-0.3, -0.25) is 4.79 Å². The van der Waals surface area contributed by atoms with Crippen molar-refractivity contribution < 1.29 is 14.6 Å². The maximum atomic E-state index is 12.0. The number of carbonyl (C=O) groups excluding carboxylic acids is 1. The van der Waals surface area contributed by atoms with Crippen LogP contribution in [0.2, 0.25) is 0 Å². The zero-order valence-corrected chi connectivity index (χ0v) is 24.0. The Hall–Kier alpha value is -1.39. The molecule has 0 spiro atoms. The van der Waals surface area contributed by atoms with Gasteiger partial charge < -0.3 is 15.6 Å². The van der Waals surface area contributed by atoms with Crippen molar-refractivity contribution in [3.63, 3.8) is 0 Å². The Bertz CT molecular complexity index is 958. The Labute approximate surface area is 219 Å². The predicted octanol–water partition coefficient (Wildman–Crippen LogP) is 6.74. The number of ether oxygens (including phenoxy) is 1. The average molecular weight is 498 g/mol. The number of nitrogens with two attached hydrogens (primary N) is 1. The molecule has 3 N–H and O–H groups in total. The summed E-state index contributed by atoms with van der Waals surface area (Å²) in [5.74, 6) is 1.78. The minimum atomic E-state index is -0.396. The Morgan fingerprint density at radius 2 is 1.89 bits per heavy atom. The molecule has 4 aliphatic rings. The number of fused-ring (bicyclic) bond motifs is 4. The van der Waals surface area contributed by atoms with Gasteiger partial charge in [0, 0.05) is 5.41 Å². The fourth-order valence-corrected chi connectivity index (χ4v) is 9.02. The van der Waals surface area contributed by atoms with Crippen LogP contribution in [0.4, 0.5) is 0 Å². The molecule has 202 valence electrons. The van der Waals surface area contributed by atoms with Crippen LogP contribution in [0.5, 0.6) is 0 Å². The molecular formula is C32H51NO3. The second-order valence-electron chi connectivity index (χ2n) is 13.9. The SMILES string of the molecule is C=C(CC[C@@H](C)C1CC=C2C3=C(C(O)CC21C)C1(C)CC[C@H](OC(=O)CN)C(C)(C)C1CC3)C(C)C. The van der Waals surface area contributed by atoms with Crippen LogP contribution >= 0.6 is 0 Å². The Balaban J connectivity index is 1.60. The average Bonchev–Trinajstić information content (AvgIpc) is 3.15. The standard InChI is InChI=1S/C32H51NO3/c1-19(2)20(3)9-10-21(4)23-12-13-24-22-11-14-26-30(5,6)27(36-28(35)18-33)15-16-31(26,7)29(22)25(34)17-32(23,24)8/h13,19,21,23,25-27,34H,3,9-12,14-18,33H2,1-2,4-8H3/t21-,23?,25?,26?,27+,31?,32?/m1/s1. The number of aliphatic hydroxyl groups is 1. The van der Waals surface area contributed by atoms with Crippen LogP contribution in [0, 0.1) is 39.9 Å².